The molecule has 0 radical (unpaired) electrons. The third-order valence-electron chi connectivity index (χ3n) is 4.98. The fourth-order valence-corrected chi connectivity index (χ4v) is 3.58. The molecule has 0 aliphatic rings. The number of methoxy groups -OCH3 is 1. The number of hydrogen-bond donors (Lipinski definition) is 0. The third-order valence-corrected chi connectivity index (χ3v) is 4.98. The number of nitrogens with zero attached hydrogens (tertiary/aromatic N) is 4. The number of rotatable bonds is 3. The number of hydrogen-bond acceptors (Lipinski definition) is 5. The molecule has 4 aromatic heterocycles. The number of fused-ring (bicyclic) bond motifs is 2. The van der Waals surface area contributed by atoms with Gasteiger partial charge in [0.2, 0.25) is 0 Å². The predicted octanol–water partition coefficient (Wildman–Crippen LogP) is 4.29. The highest BCUT2D eigenvalue weighted by Gasteiger charge is 2.18. The van der Waals surface area contributed by atoms with E-state index in [0.29, 0.717) is 38.5 Å². The Labute approximate surface area is 170 Å². The second-order valence-electron chi connectivity index (χ2n) is 6.72. The molecule has 0 aliphatic heterocycles. The molecule has 0 N–H and O–H groups in total. The van der Waals surface area contributed by atoms with Crippen molar-refractivity contribution >= 4 is 21.8 Å². The molecule has 0 atom stereocenters. The van der Waals surface area contributed by atoms with Gasteiger partial charge in [-0.2, -0.15) is 4.73 Å². The van der Waals surface area contributed by atoms with Crippen LogP contribution in [0.15, 0.2) is 73.3 Å². The van der Waals surface area contributed by atoms with E-state index in [1.807, 2.05) is 12.1 Å². The monoisotopic (exact) mass is 398 g/mol. The van der Waals surface area contributed by atoms with E-state index in [1.54, 1.807) is 42.7 Å². The Bertz CT molecular complexity index is 1420. The molecular formula is C23H15FN4O2. The smallest absolute Gasteiger partial charge is 0.192 e. The van der Waals surface area contributed by atoms with Gasteiger partial charge in [-0.15, -0.1) is 0 Å². The molecule has 30 heavy (non-hydrogen) atoms. The lowest BCUT2D eigenvalue weighted by Gasteiger charge is -2.13. The van der Waals surface area contributed by atoms with E-state index < -0.39 is 0 Å². The maximum absolute atomic E-state index is 14.5. The normalized spacial score (nSPS) is 11.1. The first kappa shape index (κ1) is 17.9. The zero-order valence-electron chi connectivity index (χ0n) is 15.9. The Morgan fingerprint density at radius 3 is 2.67 bits per heavy atom. The first-order valence-corrected chi connectivity index (χ1v) is 9.22. The first-order chi connectivity index (χ1) is 14.7. The molecule has 0 aliphatic carbocycles. The van der Waals surface area contributed by atoms with E-state index in [4.69, 9.17) is 4.74 Å². The van der Waals surface area contributed by atoms with Crippen molar-refractivity contribution in [1.29, 1.82) is 0 Å². The Hall–Kier alpha value is -4.13. The van der Waals surface area contributed by atoms with Crippen LogP contribution in [-0.2, 0) is 0 Å². The standard InChI is InChI=1S/C23H15FN4O2/c1-30-21-12-26-22(14-8-10-28(29)13-18(14)21)17-11-20(16-5-2-3-7-19(16)24)27-23-15(17)6-4-9-25-23/h2-13H,1H3. The highest BCUT2D eigenvalue weighted by atomic mass is 19.1. The van der Waals surface area contributed by atoms with Gasteiger partial charge < -0.3 is 9.94 Å². The molecule has 0 saturated carbocycles. The van der Waals surface area contributed by atoms with Gasteiger partial charge >= 0.3 is 0 Å². The first-order valence-electron chi connectivity index (χ1n) is 9.22. The lowest BCUT2D eigenvalue weighted by atomic mass is 9.99. The summed E-state index contributed by atoms with van der Waals surface area (Å²) in [7, 11) is 1.53. The summed E-state index contributed by atoms with van der Waals surface area (Å²) < 4.78 is 20.6. The predicted molar refractivity (Wildman–Crippen MR) is 111 cm³/mol. The second kappa shape index (κ2) is 7.04. The van der Waals surface area contributed by atoms with Gasteiger partial charge in [-0.25, -0.2) is 14.4 Å². The van der Waals surface area contributed by atoms with E-state index in [2.05, 4.69) is 15.0 Å². The van der Waals surface area contributed by atoms with Gasteiger partial charge in [0, 0.05) is 34.2 Å². The van der Waals surface area contributed by atoms with E-state index in [0.717, 1.165) is 16.3 Å². The van der Waals surface area contributed by atoms with Crippen LogP contribution in [-0.4, -0.2) is 22.1 Å². The molecule has 0 spiro atoms. The molecular weight excluding hydrogens is 383 g/mol. The van der Waals surface area contributed by atoms with Crippen molar-refractivity contribution in [3.05, 3.63) is 84.3 Å². The molecule has 4 heterocycles. The van der Waals surface area contributed by atoms with Crippen molar-refractivity contribution in [3.8, 4) is 28.3 Å². The van der Waals surface area contributed by atoms with Crippen molar-refractivity contribution in [2.75, 3.05) is 7.11 Å². The summed E-state index contributed by atoms with van der Waals surface area (Å²) >= 11 is 0. The zero-order valence-corrected chi connectivity index (χ0v) is 15.9. The lowest BCUT2D eigenvalue weighted by Crippen LogP contribution is -2.23. The van der Waals surface area contributed by atoms with Crippen LogP contribution >= 0.6 is 0 Å². The fraction of sp³-hybridized carbons (Fsp3) is 0.0435. The maximum Gasteiger partial charge on any atom is 0.192 e. The Kier molecular flexibility index (Phi) is 4.21. The van der Waals surface area contributed by atoms with Crippen molar-refractivity contribution in [1.82, 2.24) is 15.0 Å². The average Bonchev–Trinajstić information content (AvgIpc) is 2.78. The molecule has 5 rings (SSSR count). The largest absolute Gasteiger partial charge is 0.619 e. The van der Waals surface area contributed by atoms with E-state index >= 15 is 0 Å². The summed E-state index contributed by atoms with van der Waals surface area (Å²) in [6, 6.07) is 13.7. The molecule has 0 bridgehead atoms. The van der Waals surface area contributed by atoms with Crippen LogP contribution in [0.5, 0.6) is 5.75 Å². The van der Waals surface area contributed by atoms with E-state index in [-0.39, 0.29) is 5.82 Å². The molecule has 146 valence electrons. The summed E-state index contributed by atoms with van der Waals surface area (Å²) in [5, 5.41) is 14.0. The van der Waals surface area contributed by atoms with Gasteiger partial charge in [0.15, 0.2) is 23.8 Å². The second-order valence-corrected chi connectivity index (χ2v) is 6.72. The van der Waals surface area contributed by atoms with Crippen molar-refractivity contribution < 1.29 is 13.9 Å². The van der Waals surface area contributed by atoms with Crippen LogP contribution in [0.2, 0.25) is 0 Å². The highest BCUT2D eigenvalue weighted by Crippen LogP contribution is 2.36. The van der Waals surface area contributed by atoms with Gasteiger partial charge in [-0.3, -0.25) is 4.98 Å². The minimum Gasteiger partial charge on any atom is -0.619 e. The highest BCUT2D eigenvalue weighted by molar-refractivity contribution is 6.04. The minimum absolute atomic E-state index is 0.369. The molecule has 6 nitrogen and oxygen atoms in total. The van der Waals surface area contributed by atoms with Crippen LogP contribution in [0.4, 0.5) is 4.39 Å². The lowest BCUT2D eigenvalue weighted by molar-refractivity contribution is -0.603. The fourth-order valence-electron chi connectivity index (χ4n) is 3.58. The Morgan fingerprint density at radius 2 is 1.83 bits per heavy atom. The van der Waals surface area contributed by atoms with Gasteiger partial charge in [-0.1, -0.05) is 12.1 Å². The molecule has 1 aromatic carbocycles. The number of aromatic nitrogens is 4. The van der Waals surface area contributed by atoms with Crippen molar-refractivity contribution in [3.63, 3.8) is 0 Å². The van der Waals surface area contributed by atoms with Gasteiger partial charge in [0.05, 0.1) is 30.1 Å². The van der Waals surface area contributed by atoms with Crippen LogP contribution in [0.3, 0.4) is 0 Å². The summed E-state index contributed by atoms with van der Waals surface area (Å²) in [4.78, 5) is 13.5. The van der Waals surface area contributed by atoms with Gasteiger partial charge in [-0.05, 0) is 30.3 Å². The number of halogens is 1. The average molecular weight is 398 g/mol. The summed E-state index contributed by atoms with van der Waals surface area (Å²) in [6.45, 7) is 0. The molecule has 0 saturated heterocycles. The summed E-state index contributed by atoms with van der Waals surface area (Å²) in [5.74, 6) is 0.121. The maximum atomic E-state index is 14.5. The number of pyridine rings is 4. The molecule has 0 unspecified atom stereocenters. The third kappa shape index (κ3) is 2.88. The zero-order chi connectivity index (χ0) is 20.7. The van der Waals surface area contributed by atoms with E-state index in [9.17, 15) is 9.60 Å². The van der Waals surface area contributed by atoms with Crippen molar-refractivity contribution in [2.45, 2.75) is 0 Å². The minimum atomic E-state index is -0.369. The van der Waals surface area contributed by atoms with Crippen LogP contribution in [0, 0.1) is 11.0 Å². The van der Waals surface area contributed by atoms with Crippen LogP contribution in [0.1, 0.15) is 0 Å². The van der Waals surface area contributed by atoms with Gasteiger partial charge in [0.25, 0.3) is 0 Å². The van der Waals surface area contributed by atoms with Crippen molar-refractivity contribution in [2.24, 2.45) is 0 Å². The SMILES string of the molecule is COc1cnc(-c2cc(-c3ccccc3F)nc3ncccc23)c2cc[n+]([O-])cc12. The summed E-state index contributed by atoms with van der Waals surface area (Å²) in [5.41, 5.74) is 2.68. The van der Waals surface area contributed by atoms with Gasteiger partial charge in [0.1, 0.15) is 5.82 Å². The molecule has 5 aromatic rings. The molecule has 0 fully saturated rings. The Morgan fingerprint density at radius 1 is 0.967 bits per heavy atom. The molecule has 0 amide bonds. The number of ether oxygens (including phenoxy) is 1. The number of benzene rings is 1. The quantitative estimate of drug-likeness (QED) is 0.335. The topological polar surface area (TPSA) is 74.8 Å². The summed E-state index contributed by atoms with van der Waals surface area (Å²) in [6.07, 6.45) is 6.07. The molecule has 7 heteroatoms. The van der Waals surface area contributed by atoms with Crippen LogP contribution < -0.4 is 9.47 Å². The Balaban J connectivity index is 1.87. The van der Waals surface area contributed by atoms with Crippen LogP contribution in [0.25, 0.3) is 44.3 Å². The van der Waals surface area contributed by atoms with E-state index in [1.165, 1.54) is 25.6 Å².